The van der Waals surface area contributed by atoms with Gasteiger partial charge >= 0.3 is 0 Å². The summed E-state index contributed by atoms with van der Waals surface area (Å²) >= 11 is 0. The molecule has 0 radical (unpaired) electrons. The van der Waals surface area contributed by atoms with E-state index in [0.29, 0.717) is 11.6 Å². The summed E-state index contributed by atoms with van der Waals surface area (Å²) in [5, 5.41) is 10.2. The van der Waals surface area contributed by atoms with Crippen molar-refractivity contribution >= 4 is 0 Å². The van der Waals surface area contributed by atoms with E-state index in [2.05, 4.69) is 0 Å². The maximum atomic E-state index is 13.7. The number of aliphatic hydroxyl groups excluding tert-OH is 1. The van der Waals surface area contributed by atoms with Crippen LogP contribution in [0.3, 0.4) is 0 Å². The van der Waals surface area contributed by atoms with E-state index in [1.54, 1.807) is 0 Å². The molecule has 0 saturated heterocycles. The van der Waals surface area contributed by atoms with Crippen molar-refractivity contribution in [1.29, 1.82) is 0 Å². The van der Waals surface area contributed by atoms with Gasteiger partial charge < -0.3 is 10.8 Å². The second kappa shape index (κ2) is 6.07. The summed E-state index contributed by atoms with van der Waals surface area (Å²) in [5.41, 5.74) is 6.16. The number of hydrogen-bond donors (Lipinski definition) is 2. The van der Waals surface area contributed by atoms with Crippen LogP contribution in [-0.4, -0.2) is 11.7 Å². The predicted octanol–water partition coefficient (Wildman–Crippen LogP) is 2.88. The molecule has 0 amide bonds. The molecule has 5 heteroatoms. The van der Waals surface area contributed by atoms with Crippen LogP contribution in [0.4, 0.5) is 13.2 Å². The van der Waals surface area contributed by atoms with Gasteiger partial charge in [0.25, 0.3) is 0 Å². The lowest BCUT2D eigenvalue weighted by atomic mass is 9.89. The van der Waals surface area contributed by atoms with E-state index in [0.717, 1.165) is 6.07 Å². The number of halogens is 3. The van der Waals surface area contributed by atoms with Crippen LogP contribution in [0.15, 0.2) is 42.5 Å². The van der Waals surface area contributed by atoms with Crippen LogP contribution in [0, 0.1) is 17.5 Å². The lowest BCUT2D eigenvalue weighted by molar-refractivity contribution is 0.143. The lowest BCUT2D eigenvalue weighted by Gasteiger charge is -2.22. The fraction of sp³-hybridized carbons (Fsp3) is 0.200. The first-order valence-electron chi connectivity index (χ1n) is 6.11. The van der Waals surface area contributed by atoms with Gasteiger partial charge in [-0.25, -0.2) is 13.2 Å². The molecule has 0 bridgehead atoms. The van der Waals surface area contributed by atoms with Crippen LogP contribution >= 0.6 is 0 Å². The van der Waals surface area contributed by atoms with Gasteiger partial charge in [0.05, 0.1) is 6.10 Å². The summed E-state index contributed by atoms with van der Waals surface area (Å²) in [6, 6.07) is 8.41. The maximum Gasteiger partial charge on any atom is 0.131 e. The average Bonchev–Trinajstić information content (AvgIpc) is 2.41. The van der Waals surface area contributed by atoms with Gasteiger partial charge in [-0.1, -0.05) is 18.2 Å². The normalized spacial score (nSPS) is 14.1. The molecule has 2 atom stereocenters. The van der Waals surface area contributed by atoms with Gasteiger partial charge in [0.15, 0.2) is 0 Å². The van der Waals surface area contributed by atoms with Crippen LogP contribution in [0.1, 0.15) is 23.1 Å². The molecule has 0 aliphatic heterocycles. The van der Waals surface area contributed by atoms with Gasteiger partial charge in [-0.05, 0) is 23.8 Å². The number of nitrogens with two attached hydrogens (primary N) is 1. The third-order valence-electron chi connectivity index (χ3n) is 3.21. The van der Waals surface area contributed by atoms with Gasteiger partial charge in [-0.15, -0.1) is 0 Å². The van der Waals surface area contributed by atoms with E-state index < -0.39 is 29.5 Å². The highest BCUT2D eigenvalue weighted by molar-refractivity contribution is 5.28. The fourth-order valence-corrected chi connectivity index (χ4v) is 2.12. The smallest absolute Gasteiger partial charge is 0.131 e. The van der Waals surface area contributed by atoms with Gasteiger partial charge in [0.2, 0.25) is 0 Å². The minimum absolute atomic E-state index is 0.0359. The molecule has 20 heavy (non-hydrogen) atoms. The number of rotatable bonds is 4. The Kier molecular flexibility index (Phi) is 4.42. The van der Waals surface area contributed by atoms with Gasteiger partial charge in [-0.3, -0.25) is 0 Å². The Labute approximate surface area is 114 Å². The third-order valence-corrected chi connectivity index (χ3v) is 3.21. The second-order valence-corrected chi connectivity index (χ2v) is 4.50. The molecule has 0 saturated carbocycles. The molecule has 0 spiro atoms. The highest BCUT2D eigenvalue weighted by Crippen LogP contribution is 2.31. The summed E-state index contributed by atoms with van der Waals surface area (Å²) in [4.78, 5) is 0. The van der Waals surface area contributed by atoms with Crippen LogP contribution in [-0.2, 0) is 0 Å². The molecule has 0 fully saturated rings. The molecule has 0 aliphatic rings. The lowest BCUT2D eigenvalue weighted by Crippen LogP contribution is -2.21. The van der Waals surface area contributed by atoms with Gasteiger partial charge in [0.1, 0.15) is 17.5 Å². The minimum atomic E-state index is -1.23. The van der Waals surface area contributed by atoms with Crippen molar-refractivity contribution in [1.82, 2.24) is 0 Å². The zero-order valence-corrected chi connectivity index (χ0v) is 10.6. The van der Waals surface area contributed by atoms with Crippen molar-refractivity contribution < 1.29 is 18.3 Å². The topological polar surface area (TPSA) is 46.2 Å². The van der Waals surface area contributed by atoms with E-state index >= 15 is 0 Å². The van der Waals surface area contributed by atoms with Crippen LogP contribution in [0.5, 0.6) is 0 Å². The Morgan fingerprint density at radius 1 is 0.950 bits per heavy atom. The van der Waals surface area contributed by atoms with Crippen LogP contribution in [0.25, 0.3) is 0 Å². The maximum absolute atomic E-state index is 13.7. The summed E-state index contributed by atoms with van der Waals surface area (Å²) in [7, 11) is 0. The molecule has 0 aliphatic carbocycles. The zero-order chi connectivity index (χ0) is 14.7. The number of aliphatic hydroxyl groups is 1. The molecular formula is C15H14F3NO. The Morgan fingerprint density at radius 3 is 2.10 bits per heavy atom. The zero-order valence-electron chi connectivity index (χ0n) is 10.6. The van der Waals surface area contributed by atoms with E-state index in [-0.39, 0.29) is 12.1 Å². The first-order chi connectivity index (χ1) is 9.52. The Morgan fingerprint density at radius 2 is 1.55 bits per heavy atom. The number of hydrogen-bond acceptors (Lipinski definition) is 2. The molecule has 2 nitrogen and oxygen atoms in total. The van der Waals surface area contributed by atoms with Crippen molar-refractivity contribution in [2.24, 2.45) is 5.73 Å². The molecule has 106 valence electrons. The monoisotopic (exact) mass is 281 g/mol. The quantitative estimate of drug-likeness (QED) is 0.905. The Hall–Kier alpha value is -1.85. The predicted molar refractivity (Wildman–Crippen MR) is 69.5 cm³/mol. The SMILES string of the molecule is NCC(c1ccc(F)cc1)C(O)c1ccc(F)cc1F. The molecular weight excluding hydrogens is 267 g/mol. The molecule has 3 N–H and O–H groups in total. The molecule has 0 aromatic heterocycles. The second-order valence-electron chi connectivity index (χ2n) is 4.50. The van der Waals surface area contributed by atoms with Crippen molar-refractivity contribution in [3.8, 4) is 0 Å². The Balaban J connectivity index is 2.33. The van der Waals surface area contributed by atoms with Gasteiger partial charge in [0, 0.05) is 24.1 Å². The first-order valence-corrected chi connectivity index (χ1v) is 6.11. The van der Waals surface area contributed by atoms with E-state index in [4.69, 9.17) is 5.73 Å². The Bertz CT molecular complexity index is 586. The van der Waals surface area contributed by atoms with Crippen molar-refractivity contribution in [3.63, 3.8) is 0 Å². The van der Waals surface area contributed by atoms with E-state index in [1.165, 1.54) is 30.3 Å². The molecule has 2 unspecified atom stereocenters. The number of benzene rings is 2. The van der Waals surface area contributed by atoms with Crippen molar-refractivity contribution in [2.75, 3.05) is 6.54 Å². The average molecular weight is 281 g/mol. The fourth-order valence-electron chi connectivity index (χ4n) is 2.12. The van der Waals surface area contributed by atoms with Crippen LogP contribution in [0.2, 0.25) is 0 Å². The van der Waals surface area contributed by atoms with E-state index in [1.807, 2.05) is 0 Å². The summed E-state index contributed by atoms with van der Waals surface area (Å²) in [6.07, 6.45) is -1.23. The van der Waals surface area contributed by atoms with Crippen molar-refractivity contribution in [3.05, 3.63) is 71.0 Å². The highest BCUT2D eigenvalue weighted by Gasteiger charge is 2.24. The highest BCUT2D eigenvalue weighted by atomic mass is 19.1. The summed E-state index contributed by atoms with van der Waals surface area (Å²) < 4.78 is 39.4. The first kappa shape index (κ1) is 14.6. The molecule has 2 rings (SSSR count). The molecule has 2 aromatic carbocycles. The minimum Gasteiger partial charge on any atom is -0.388 e. The standard InChI is InChI=1S/C15H14F3NO/c16-10-3-1-9(2-4-10)13(8-19)15(20)12-6-5-11(17)7-14(12)18/h1-7,13,15,20H,8,19H2. The molecule has 0 heterocycles. The largest absolute Gasteiger partial charge is 0.388 e. The summed E-state index contributed by atoms with van der Waals surface area (Å²) in [6.45, 7) is 0.0453. The molecule has 2 aromatic rings. The van der Waals surface area contributed by atoms with Crippen molar-refractivity contribution in [2.45, 2.75) is 12.0 Å². The van der Waals surface area contributed by atoms with Crippen LogP contribution < -0.4 is 5.73 Å². The summed E-state index contributed by atoms with van der Waals surface area (Å²) in [5.74, 6) is -2.56. The van der Waals surface area contributed by atoms with E-state index in [9.17, 15) is 18.3 Å². The third kappa shape index (κ3) is 3.00. The van der Waals surface area contributed by atoms with Gasteiger partial charge in [-0.2, -0.15) is 0 Å².